The first-order valence-electron chi connectivity index (χ1n) is 3.48. The van der Waals surface area contributed by atoms with Crippen molar-refractivity contribution in [2.75, 3.05) is 0 Å². The predicted molar refractivity (Wildman–Crippen MR) is 43.4 cm³/mol. The Morgan fingerprint density at radius 3 is 2.43 bits per heavy atom. The van der Waals surface area contributed by atoms with Crippen LogP contribution in [0.5, 0.6) is 0 Å². The Balaban J connectivity index is 3.41. The standard InChI is InChI=1S/C6H4N4O4/c7-8-4-2-1-3-5(9(11)12)6(4)10(13)14/h1,3H,2H2. The molecule has 1 aliphatic rings. The molecule has 0 saturated carbocycles. The molecular weight excluding hydrogens is 192 g/mol. The summed E-state index contributed by atoms with van der Waals surface area (Å²) in [7, 11) is 0. The minimum atomic E-state index is -0.934. The average molecular weight is 196 g/mol. The smallest absolute Gasteiger partial charge is 0.361 e. The fourth-order valence-corrected chi connectivity index (χ4v) is 1.04. The molecule has 72 valence electrons. The Morgan fingerprint density at radius 1 is 1.36 bits per heavy atom. The summed E-state index contributed by atoms with van der Waals surface area (Å²) in [5.74, 6) is 0. The van der Waals surface area contributed by atoms with Gasteiger partial charge in [-0.1, -0.05) is 6.08 Å². The van der Waals surface area contributed by atoms with Crippen LogP contribution in [0.3, 0.4) is 0 Å². The van der Waals surface area contributed by atoms with Gasteiger partial charge in [0.2, 0.25) is 0 Å². The predicted octanol–water partition coefficient (Wildman–Crippen LogP) is 0.382. The van der Waals surface area contributed by atoms with Crippen LogP contribution in [0.2, 0.25) is 0 Å². The summed E-state index contributed by atoms with van der Waals surface area (Å²) in [6.45, 7) is 0. The van der Waals surface area contributed by atoms with E-state index >= 15 is 0 Å². The van der Waals surface area contributed by atoms with Crippen LogP contribution in [0.1, 0.15) is 6.42 Å². The van der Waals surface area contributed by atoms with Crippen LogP contribution in [0.25, 0.3) is 5.53 Å². The molecule has 0 atom stereocenters. The number of hydrogen-bond acceptors (Lipinski definition) is 4. The molecule has 8 heteroatoms. The maximum atomic E-state index is 10.5. The molecule has 0 radical (unpaired) electrons. The topological polar surface area (TPSA) is 123 Å². The molecule has 0 fully saturated rings. The third kappa shape index (κ3) is 1.54. The molecule has 14 heavy (non-hydrogen) atoms. The second kappa shape index (κ2) is 3.58. The van der Waals surface area contributed by atoms with Gasteiger partial charge in [-0.15, -0.1) is 0 Å². The molecule has 1 aliphatic carbocycles. The van der Waals surface area contributed by atoms with Crippen LogP contribution in [0, 0.1) is 20.2 Å². The van der Waals surface area contributed by atoms with E-state index < -0.39 is 21.2 Å². The van der Waals surface area contributed by atoms with Crippen LogP contribution < -0.4 is 0 Å². The van der Waals surface area contributed by atoms with Gasteiger partial charge in [-0.3, -0.25) is 20.2 Å². The molecule has 0 N–H and O–H groups in total. The molecule has 0 aliphatic heterocycles. The highest BCUT2D eigenvalue weighted by Crippen LogP contribution is 2.16. The van der Waals surface area contributed by atoms with Gasteiger partial charge in [-0.25, -0.2) is 0 Å². The van der Waals surface area contributed by atoms with Crippen LogP contribution in [-0.4, -0.2) is 20.3 Å². The molecular formula is C6H4N4O4. The van der Waals surface area contributed by atoms with Gasteiger partial charge in [-0.05, 0) is 0 Å². The van der Waals surface area contributed by atoms with E-state index in [1.165, 1.54) is 6.08 Å². The average Bonchev–Trinajstić information content (AvgIpc) is 2.16. The minimum Gasteiger partial charge on any atom is -0.361 e. The molecule has 0 aromatic carbocycles. The summed E-state index contributed by atoms with van der Waals surface area (Å²) in [6.07, 6.45) is 2.34. The molecule has 0 unspecified atom stereocenters. The van der Waals surface area contributed by atoms with Gasteiger partial charge in [0.15, 0.2) is 0 Å². The zero-order valence-corrected chi connectivity index (χ0v) is 6.78. The molecule has 0 heterocycles. The monoisotopic (exact) mass is 196 g/mol. The molecule has 0 aromatic rings. The van der Waals surface area contributed by atoms with Crippen molar-refractivity contribution in [3.8, 4) is 0 Å². The summed E-state index contributed by atoms with van der Waals surface area (Å²) in [5, 5.41) is 20.8. The normalized spacial score (nSPS) is 15.3. The highest BCUT2D eigenvalue weighted by molar-refractivity contribution is 5.96. The second-order valence-corrected chi connectivity index (χ2v) is 2.40. The van der Waals surface area contributed by atoms with E-state index in [2.05, 4.69) is 4.79 Å². The first kappa shape index (κ1) is 9.75. The summed E-state index contributed by atoms with van der Waals surface area (Å²) in [5.41, 5.74) is 6.65. The fourth-order valence-electron chi connectivity index (χ4n) is 1.04. The lowest BCUT2D eigenvalue weighted by atomic mass is 10.1. The third-order valence-electron chi connectivity index (χ3n) is 1.60. The van der Waals surface area contributed by atoms with Crippen molar-refractivity contribution in [2.45, 2.75) is 6.42 Å². The van der Waals surface area contributed by atoms with E-state index in [4.69, 9.17) is 5.53 Å². The molecule has 0 bridgehead atoms. The van der Waals surface area contributed by atoms with Crippen molar-refractivity contribution in [1.82, 2.24) is 0 Å². The molecule has 0 amide bonds. The van der Waals surface area contributed by atoms with E-state index in [0.717, 1.165) is 6.08 Å². The van der Waals surface area contributed by atoms with Gasteiger partial charge in [0, 0.05) is 6.08 Å². The van der Waals surface area contributed by atoms with Crippen LogP contribution in [-0.2, 0) is 0 Å². The number of nitro groups is 2. The quantitative estimate of drug-likeness (QED) is 0.274. The van der Waals surface area contributed by atoms with E-state index in [-0.39, 0.29) is 12.1 Å². The highest BCUT2D eigenvalue weighted by Gasteiger charge is 2.39. The summed E-state index contributed by atoms with van der Waals surface area (Å²) >= 11 is 0. The summed E-state index contributed by atoms with van der Waals surface area (Å²) < 4.78 is 0. The van der Waals surface area contributed by atoms with Gasteiger partial charge in [0.25, 0.3) is 0 Å². The van der Waals surface area contributed by atoms with Crippen molar-refractivity contribution in [2.24, 2.45) is 0 Å². The zero-order valence-electron chi connectivity index (χ0n) is 6.78. The Kier molecular flexibility index (Phi) is 2.49. The Hall–Kier alpha value is -2.34. The largest absolute Gasteiger partial charge is 0.429 e. The van der Waals surface area contributed by atoms with Gasteiger partial charge < -0.3 is 5.53 Å². The van der Waals surface area contributed by atoms with E-state index in [1.54, 1.807) is 0 Å². The Bertz CT molecular complexity index is 416. The fraction of sp³-hybridized carbons (Fsp3) is 0.167. The van der Waals surface area contributed by atoms with Gasteiger partial charge in [0.1, 0.15) is 0 Å². The van der Waals surface area contributed by atoms with E-state index in [1.807, 2.05) is 0 Å². The lowest BCUT2D eigenvalue weighted by Crippen LogP contribution is -2.20. The summed E-state index contributed by atoms with van der Waals surface area (Å²) in [4.78, 5) is 21.7. The zero-order chi connectivity index (χ0) is 10.7. The van der Waals surface area contributed by atoms with Gasteiger partial charge in [-0.2, -0.15) is 4.79 Å². The number of nitrogens with zero attached hydrogens (tertiary/aromatic N) is 4. The van der Waals surface area contributed by atoms with Crippen LogP contribution in [0.15, 0.2) is 23.5 Å². The molecule has 8 nitrogen and oxygen atoms in total. The van der Waals surface area contributed by atoms with E-state index in [9.17, 15) is 20.2 Å². The first-order chi connectivity index (χ1) is 6.57. The van der Waals surface area contributed by atoms with Crippen molar-refractivity contribution < 1.29 is 14.6 Å². The lowest BCUT2D eigenvalue weighted by molar-refractivity contribution is -0.462. The molecule has 0 aromatic heterocycles. The Morgan fingerprint density at radius 2 is 2.00 bits per heavy atom. The molecule has 0 saturated heterocycles. The van der Waals surface area contributed by atoms with Crippen LogP contribution in [0.4, 0.5) is 0 Å². The second-order valence-electron chi connectivity index (χ2n) is 2.40. The van der Waals surface area contributed by atoms with Gasteiger partial charge >= 0.3 is 17.1 Å². The van der Waals surface area contributed by atoms with Gasteiger partial charge in [0.05, 0.1) is 16.3 Å². The van der Waals surface area contributed by atoms with E-state index in [0.29, 0.717) is 0 Å². The maximum Gasteiger partial charge on any atom is 0.429 e. The highest BCUT2D eigenvalue weighted by atomic mass is 16.6. The minimum absolute atomic E-state index is 0.00412. The Labute approximate surface area is 77.1 Å². The van der Waals surface area contributed by atoms with Crippen molar-refractivity contribution in [3.05, 3.63) is 49.3 Å². The van der Waals surface area contributed by atoms with Crippen LogP contribution >= 0.6 is 0 Å². The summed E-state index contributed by atoms with van der Waals surface area (Å²) in [6, 6.07) is 0. The van der Waals surface area contributed by atoms with Crippen molar-refractivity contribution >= 4 is 5.71 Å². The number of hydrogen-bond donors (Lipinski definition) is 0. The maximum absolute atomic E-state index is 10.5. The van der Waals surface area contributed by atoms with Crippen molar-refractivity contribution in [1.29, 1.82) is 0 Å². The third-order valence-corrected chi connectivity index (χ3v) is 1.60. The number of allylic oxidation sites excluding steroid dienone is 3. The van der Waals surface area contributed by atoms with Crippen molar-refractivity contribution in [3.63, 3.8) is 0 Å². The number of rotatable bonds is 2. The molecule has 1 rings (SSSR count). The lowest BCUT2D eigenvalue weighted by Gasteiger charge is -1.97. The first-order valence-corrected chi connectivity index (χ1v) is 3.48. The SMILES string of the molecule is [N-]=[N+]=C1CC=CC([N+](=O)[O-])=C1[N+](=O)[O-]. The molecule has 0 spiro atoms.